The van der Waals surface area contributed by atoms with Crippen molar-refractivity contribution in [1.29, 1.82) is 0 Å². The van der Waals surface area contributed by atoms with Crippen LogP contribution in [0.1, 0.15) is 0 Å². The second-order valence-corrected chi connectivity index (χ2v) is 7.06. The Morgan fingerprint density at radius 1 is 1.25 bits per heavy atom. The minimum absolute atomic E-state index is 0.836. The first-order valence-electron chi connectivity index (χ1n) is 6.47. The van der Waals surface area contributed by atoms with Crippen molar-refractivity contribution >= 4 is 24.0 Å². The number of anilines is 1. The Balaban J connectivity index is 2.06. The molecule has 20 heavy (non-hydrogen) atoms. The molecule has 0 aliphatic carbocycles. The van der Waals surface area contributed by atoms with E-state index < -0.39 is 7.55 Å². The van der Waals surface area contributed by atoms with Crippen LogP contribution >= 0.6 is 7.55 Å². The maximum absolute atomic E-state index is 6.00. The van der Waals surface area contributed by atoms with E-state index in [1.54, 1.807) is 0 Å². The Morgan fingerprint density at radius 2 is 2.15 bits per heavy atom. The van der Waals surface area contributed by atoms with E-state index in [1.165, 1.54) is 10.1 Å². The van der Waals surface area contributed by atoms with E-state index in [4.69, 9.17) is 5.84 Å². The molecule has 1 aromatic heterocycles. The molecule has 5 nitrogen and oxygen atoms in total. The number of fused-ring (bicyclic) bond motifs is 4. The third-order valence-electron chi connectivity index (χ3n) is 3.62. The summed E-state index contributed by atoms with van der Waals surface area (Å²) in [5, 5.41) is 13.3. The highest BCUT2D eigenvalue weighted by atomic mass is 31.1. The Bertz CT molecular complexity index is 785. The molecule has 1 unspecified atom stereocenters. The summed E-state index contributed by atoms with van der Waals surface area (Å²) in [5.41, 5.74) is 4.06. The van der Waals surface area contributed by atoms with Gasteiger partial charge in [-0.15, -0.1) is 5.10 Å². The van der Waals surface area contributed by atoms with Crippen LogP contribution in [-0.2, 0) is 0 Å². The van der Waals surface area contributed by atoms with E-state index in [0.29, 0.717) is 0 Å². The zero-order chi connectivity index (χ0) is 13.5. The van der Waals surface area contributed by atoms with Gasteiger partial charge in [-0.3, -0.25) is 0 Å². The predicted octanol–water partition coefficient (Wildman–Crippen LogP) is 1.18. The number of nitrogen functional groups attached to an aromatic ring is 1. The second-order valence-electron chi connectivity index (χ2n) is 4.79. The normalized spacial score (nSPS) is 19.4. The number of aromatic nitrogens is 3. The number of allylic oxidation sites excluding steroid dienone is 2. The van der Waals surface area contributed by atoms with Crippen LogP contribution in [-0.4, -0.2) is 26.9 Å². The fraction of sp³-hybridized carbons (Fsp3) is 0.0714. The summed E-state index contributed by atoms with van der Waals surface area (Å²) in [6.07, 6.45) is 6.34. The maximum atomic E-state index is 6.00. The van der Waals surface area contributed by atoms with Gasteiger partial charge in [-0.2, -0.15) is 4.79 Å². The monoisotopic (exact) mass is 283 g/mol. The summed E-state index contributed by atoms with van der Waals surface area (Å²) < 4.78 is 0. The van der Waals surface area contributed by atoms with Crippen molar-refractivity contribution in [1.82, 2.24) is 15.1 Å². The van der Waals surface area contributed by atoms with Gasteiger partial charge in [0, 0.05) is 17.8 Å². The highest BCUT2D eigenvalue weighted by Gasteiger charge is 2.22. The van der Waals surface area contributed by atoms with Gasteiger partial charge in [0.15, 0.2) is 0 Å². The first-order chi connectivity index (χ1) is 9.84. The fourth-order valence-electron chi connectivity index (χ4n) is 2.67. The average Bonchev–Trinajstić information content (AvgIpc) is 2.85. The molecule has 2 aliphatic rings. The molecule has 0 bridgehead atoms. The van der Waals surface area contributed by atoms with Crippen LogP contribution in [0.3, 0.4) is 0 Å². The zero-order valence-electron chi connectivity index (χ0n) is 10.7. The molecule has 0 saturated carbocycles. The Labute approximate surface area is 117 Å². The number of para-hydroxylation sites is 1. The van der Waals surface area contributed by atoms with Gasteiger partial charge in [-0.05, 0) is 24.1 Å². The molecule has 3 N–H and O–H groups in total. The van der Waals surface area contributed by atoms with Gasteiger partial charge >= 0.3 is 0 Å². The highest BCUT2D eigenvalue weighted by molar-refractivity contribution is 7.69. The van der Waals surface area contributed by atoms with Crippen LogP contribution in [0.2, 0.25) is 0 Å². The van der Waals surface area contributed by atoms with Gasteiger partial charge in [0.05, 0.1) is 0 Å². The number of nitrogens with two attached hydrogens (primary N) is 1. The van der Waals surface area contributed by atoms with Gasteiger partial charge < -0.3 is 11.2 Å². The summed E-state index contributed by atoms with van der Waals surface area (Å²) in [5.74, 6) is 8.24. The highest BCUT2D eigenvalue weighted by Crippen LogP contribution is 2.37. The lowest BCUT2D eigenvalue weighted by atomic mass is 10.1. The minimum Gasteiger partial charge on any atom is -0.380 e. The third kappa shape index (κ3) is 1.63. The standard InChI is InChI=1S/C14H14N5P/c15-19-13-11-6-1-2-7-12(11)16-9-10-5-3-4-8-20(10)14(13)17-18-19/h1-8,16,20H,9,15H2. The molecular formula is C14H14N5P. The third-order valence-corrected chi connectivity index (χ3v) is 6.03. The molecular weight excluding hydrogens is 269 g/mol. The molecule has 0 spiro atoms. The van der Waals surface area contributed by atoms with Crippen LogP contribution in [0.5, 0.6) is 0 Å². The lowest BCUT2D eigenvalue weighted by molar-refractivity contribution is 0.772. The maximum Gasteiger partial charge on any atom is 0.122 e. The van der Waals surface area contributed by atoms with E-state index in [1.807, 2.05) is 12.1 Å². The van der Waals surface area contributed by atoms with Crippen molar-refractivity contribution in [2.45, 2.75) is 0 Å². The molecule has 0 radical (unpaired) electrons. The van der Waals surface area contributed by atoms with Crippen LogP contribution in [0.15, 0.2) is 48.3 Å². The van der Waals surface area contributed by atoms with Crippen molar-refractivity contribution in [2.75, 3.05) is 17.7 Å². The molecule has 3 heterocycles. The van der Waals surface area contributed by atoms with Crippen LogP contribution in [0.25, 0.3) is 11.3 Å². The van der Waals surface area contributed by atoms with Crippen LogP contribution in [0, 0.1) is 0 Å². The number of hydrogen-bond donors (Lipinski definition) is 2. The molecule has 1 atom stereocenters. The van der Waals surface area contributed by atoms with E-state index in [2.05, 4.69) is 51.8 Å². The van der Waals surface area contributed by atoms with Gasteiger partial charge in [0.1, 0.15) is 11.1 Å². The number of nitrogens with zero attached hydrogens (tertiary/aromatic N) is 3. The Hall–Kier alpha value is -2.26. The summed E-state index contributed by atoms with van der Waals surface area (Å²) in [7, 11) is -1.01. The van der Waals surface area contributed by atoms with Crippen molar-refractivity contribution < 1.29 is 0 Å². The fourth-order valence-corrected chi connectivity index (χ4v) is 4.86. The molecule has 1 aromatic carbocycles. The SMILES string of the molecule is Nn1nnc2c1-c1ccccc1NCC1=[PH]2C=CC=C1. The topological polar surface area (TPSA) is 68.8 Å². The lowest BCUT2D eigenvalue weighted by Gasteiger charge is -2.20. The van der Waals surface area contributed by atoms with Crippen molar-refractivity contribution in [3.63, 3.8) is 0 Å². The van der Waals surface area contributed by atoms with E-state index in [9.17, 15) is 0 Å². The van der Waals surface area contributed by atoms with E-state index in [-0.39, 0.29) is 0 Å². The van der Waals surface area contributed by atoms with Crippen LogP contribution in [0.4, 0.5) is 5.69 Å². The summed E-state index contributed by atoms with van der Waals surface area (Å²) in [4.78, 5) is 1.39. The van der Waals surface area contributed by atoms with E-state index >= 15 is 0 Å². The molecule has 100 valence electrons. The summed E-state index contributed by atoms with van der Waals surface area (Å²) >= 11 is 0. The van der Waals surface area contributed by atoms with Crippen molar-refractivity contribution in [2.24, 2.45) is 0 Å². The van der Waals surface area contributed by atoms with Gasteiger partial charge in [0.25, 0.3) is 0 Å². The Morgan fingerprint density at radius 3 is 3.10 bits per heavy atom. The summed E-state index contributed by atoms with van der Waals surface area (Å²) in [6.45, 7) is 0.836. The number of benzene rings is 1. The average molecular weight is 283 g/mol. The Kier molecular flexibility index (Phi) is 2.54. The van der Waals surface area contributed by atoms with Gasteiger partial charge in [-0.1, -0.05) is 42.2 Å². The molecule has 0 amide bonds. The van der Waals surface area contributed by atoms with Gasteiger partial charge in [0.2, 0.25) is 0 Å². The molecule has 4 rings (SSSR count). The minimum atomic E-state index is -1.01. The second kappa shape index (κ2) is 4.39. The molecule has 2 aromatic rings. The first-order valence-corrected chi connectivity index (χ1v) is 8.04. The summed E-state index contributed by atoms with van der Waals surface area (Å²) in [6, 6.07) is 8.15. The number of nitrogens with one attached hydrogen (secondary N) is 1. The number of hydrogen-bond acceptors (Lipinski definition) is 4. The lowest BCUT2D eigenvalue weighted by Crippen LogP contribution is -2.21. The van der Waals surface area contributed by atoms with Gasteiger partial charge in [-0.25, -0.2) is 0 Å². The predicted molar refractivity (Wildman–Crippen MR) is 85.3 cm³/mol. The first kappa shape index (κ1) is 11.6. The van der Waals surface area contributed by atoms with Crippen molar-refractivity contribution in [3.05, 3.63) is 48.3 Å². The number of rotatable bonds is 0. The molecule has 0 saturated heterocycles. The largest absolute Gasteiger partial charge is 0.380 e. The van der Waals surface area contributed by atoms with Crippen molar-refractivity contribution in [3.8, 4) is 11.3 Å². The molecule has 0 fully saturated rings. The van der Waals surface area contributed by atoms with E-state index in [0.717, 1.165) is 28.9 Å². The molecule has 6 heteroatoms. The zero-order valence-corrected chi connectivity index (χ0v) is 11.7. The van der Waals surface area contributed by atoms with Crippen LogP contribution < -0.4 is 16.6 Å². The quantitative estimate of drug-likeness (QED) is 0.563. The molecule has 2 aliphatic heterocycles. The smallest absolute Gasteiger partial charge is 0.122 e.